The first-order valence-corrected chi connectivity index (χ1v) is 5.35. The fraction of sp³-hybridized carbons (Fsp3) is 0.0833. The summed E-state index contributed by atoms with van der Waals surface area (Å²) in [5.41, 5.74) is 7.88. The average Bonchev–Trinajstić information content (AvgIpc) is 2.32. The maximum Gasteiger partial charge on any atom is 0.249 e. The molecule has 2 N–H and O–H groups in total. The van der Waals surface area contributed by atoms with Crippen molar-refractivity contribution in [2.45, 2.75) is 6.92 Å². The number of aryl methyl sites for hydroxylation is 1. The van der Waals surface area contributed by atoms with E-state index in [2.05, 4.69) is 9.97 Å². The Morgan fingerprint density at radius 2 is 2.06 bits per heavy atom. The van der Waals surface area contributed by atoms with Gasteiger partial charge in [0.1, 0.15) is 0 Å². The van der Waals surface area contributed by atoms with Gasteiger partial charge in [-0.2, -0.15) is 0 Å². The summed E-state index contributed by atoms with van der Waals surface area (Å²) in [6, 6.07) is 7.01. The van der Waals surface area contributed by atoms with E-state index in [1.54, 1.807) is 24.4 Å². The van der Waals surface area contributed by atoms with Crippen molar-refractivity contribution < 1.29 is 4.79 Å². The number of benzene rings is 1. The monoisotopic (exact) mass is 247 g/mol. The molecule has 1 amide bonds. The molecule has 2 aromatic rings. The number of carbonyl (C=O) groups excluding carboxylic acids is 1. The summed E-state index contributed by atoms with van der Waals surface area (Å²) in [5, 5.41) is 0.143. The van der Waals surface area contributed by atoms with Crippen LogP contribution in [-0.4, -0.2) is 15.9 Å². The summed E-state index contributed by atoms with van der Waals surface area (Å²) < 4.78 is 0. The van der Waals surface area contributed by atoms with E-state index >= 15 is 0 Å². The fourth-order valence-electron chi connectivity index (χ4n) is 1.60. The van der Waals surface area contributed by atoms with E-state index in [4.69, 9.17) is 17.3 Å². The molecule has 5 heteroatoms. The van der Waals surface area contributed by atoms with Crippen molar-refractivity contribution in [1.29, 1.82) is 0 Å². The number of aromatic nitrogens is 2. The summed E-state index contributed by atoms with van der Waals surface area (Å²) in [6.07, 6.45) is 1.61. The molecule has 0 radical (unpaired) electrons. The molecular weight excluding hydrogens is 238 g/mol. The molecule has 0 saturated carbocycles. The topological polar surface area (TPSA) is 68.9 Å². The molecule has 1 aromatic heterocycles. The highest BCUT2D eigenvalue weighted by atomic mass is 35.5. The van der Waals surface area contributed by atoms with Gasteiger partial charge < -0.3 is 5.73 Å². The number of hydrogen-bond donors (Lipinski definition) is 1. The Bertz CT molecular complexity index is 584. The van der Waals surface area contributed by atoms with E-state index in [0.29, 0.717) is 16.8 Å². The molecule has 0 aliphatic rings. The van der Waals surface area contributed by atoms with Crippen molar-refractivity contribution in [3.05, 3.63) is 46.9 Å². The van der Waals surface area contributed by atoms with Gasteiger partial charge >= 0.3 is 0 Å². The zero-order valence-electron chi connectivity index (χ0n) is 9.14. The molecule has 0 fully saturated rings. The minimum atomic E-state index is -0.491. The van der Waals surface area contributed by atoms with E-state index in [-0.39, 0.29) is 5.28 Å². The maximum absolute atomic E-state index is 11.3. The lowest BCUT2D eigenvalue weighted by Crippen LogP contribution is -2.12. The molecular formula is C12H10ClN3O. The quantitative estimate of drug-likeness (QED) is 0.827. The van der Waals surface area contributed by atoms with Crippen LogP contribution in [0.1, 0.15) is 15.9 Å². The summed E-state index contributed by atoms with van der Waals surface area (Å²) in [7, 11) is 0. The molecule has 0 spiro atoms. The second-order valence-electron chi connectivity index (χ2n) is 3.58. The van der Waals surface area contributed by atoms with E-state index in [0.717, 1.165) is 5.56 Å². The highest BCUT2D eigenvalue weighted by Crippen LogP contribution is 2.25. The Hall–Kier alpha value is -1.94. The van der Waals surface area contributed by atoms with Gasteiger partial charge in [-0.15, -0.1) is 0 Å². The normalized spacial score (nSPS) is 10.2. The first-order chi connectivity index (χ1) is 8.09. The van der Waals surface area contributed by atoms with E-state index in [1.807, 2.05) is 13.0 Å². The van der Waals surface area contributed by atoms with E-state index in [1.165, 1.54) is 0 Å². The first-order valence-electron chi connectivity index (χ1n) is 4.98. The van der Waals surface area contributed by atoms with Crippen molar-refractivity contribution in [3.63, 3.8) is 0 Å². The number of rotatable bonds is 2. The molecule has 0 aliphatic carbocycles. The Balaban J connectivity index is 2.68. The lowest BCUT2D eigenvalue weighted by Gasteiger charge is -2.08. The third-order valence-corrected chi connectivity index (χ3v) is 2.57. The molecule has 0 unspecified atom stereocenters. The fourth-order valence-corrected chi connectivity index (χ4v) is 1.73. The molecule has 1 aromatic carbocycles. The van der Waals surface area contributed by atoms with Crippen LogP contribution >= 0.6 is 11.6 Å². The SMILES string of the molecule is Cc1cnc(Cl)nc1-c1ccccc1C(N)=O. The highest BCUT2D eigenvalue weighted by molar-refractivity contribution is 6.28. The molecule has 86 valence electrons. The van der Waals surface area contributed by atoms with Crippen LogP contribution < -0.4 is 5.73 Å². The molecule has 2 rings (SSSR count). The first kappa shape index (κ1) is 11.5. The van der Waals surface area contributed by atoms with Gasteiger partial charge in [-0.3, -0.25) is 4.79 Å². The molecule has 0 saturated heterocycles. The molecule has 17 heavy (non-hydrogen) atoms. The standard InChI is InChI=1S/C12H10ClN3O/c1-7-6-15-12(13)16-10(7)8-4-2-3-5-9(8)11(14)17/h2-6H,1H3,(H2,14,17). The lowest BCUT2D eigenvalue weighted by atomic mass is 10.0. The lowest BCUT2D eigenvalue weighted by molar-refractivity contribution is 0.100. The second kappa shape index (κ2) is 4.51. The molecule has 4 nitrogen and oxygen atoms in total. The second-order valence-corrected chi connectivity index (χ2v) is 3.92. The maximum atomic E-state index is 11.3. The van der Waals surface area contributed by atoms with Crippen LogP contribution in [-0.2, 0) is 0 Å². The number of carbonyl (C=O) groups is 1. The van der Waals surface area contributed by atoms with Gasteiger partial charge in [-0.1, -0.05) is 18.2 Å². The largest absolute Gasteiger partial charge is 0.366 e. The zero-order valence-corrected chi connectivity index (χ0v) is 9.90. The number of nitrogens with two attached hydrogens (primary N) is 1. The van der Waals surface area contributed by atoms with Crippen molar-refractivity contribution in [3.8, 4) is 11.3 Å². The van der Waals surface area contributed by atoms with Crippen LogP contribution in [0, 0.1) is 6.92 Å². The van der Waals surface area contributed by atoms with Gasteiger partial charge in [0.05, 0.1) is 5.69 Å². The van der Waals surface area contributed by atoms with Gasteiger partial charge in [-0.05, 0) is 30.2 Å². The number of primary amides is 1. The van der Waals surface area contributed by atoms with Crippen LogP contribution in [0.25, 0.3) is 11.3 Å². The van der Waals surface area contributed by atoms with Crippen LogP contribution in [0.4, 0.5) is 0 Å². The van der Waals surface area contributed by atoms with Crippen molar-refractivity contribution in [2.75, 3.05) is 0 Å². The number of nitrogens with zero attached hydrogens (tertiary/aromatic N) is 2. The molecule has 1 heterocycles. The smallest absolute Gasteiger partial charge is 0.249 e. The number of halogens is 1. The Morgan fingerprint density at radius 1 is 1.35 bits per heavy atom. The third-order valence-electron chi connectivity index (χ3n) is 2.39. The van der Waals surface area contributed by atoms with Gasteiger partial charge in [0.2, 0.25) is 11.2 Å². The van der Waals surface area contributed by atoms with Gasteiger partial charge in [0.25, 0.3) is 0 Å². The Labute approximate surface area is 103 Å². The van der Waals surface area contributed by atoms with Crippen molar-refractivity contribution >= 4 is 17.5 Å². The molecule has 0 aliphatic heterocycles. The Morgan fingerprint density at radius 3 is 2.76 bits per heavy atom. The Kier molecular flexibility index (Phi) is 3.06. The van der Waals surface area contributed by atoms with E-state index < -0.39 is 5.91 Å². The van der Waals surface area contributed by atoms with Gasteiger partial charge in [0.15, 0.2) is 0 Å². The van der Waals surface area contributed by atoms with Gasteiger partial charge in [0, 0.05) is 17.3 Å². The predicted molar refractivity (Wildman–Crippen MR) is 65.7 cm³/mol. The van der Waals surface area contributed by atoms with Crippen LogP contribution in [0.3, 0.4) is 0 Å². The molecule has 0 atom stereocenters. The van der Waals surface area contributed by atoms with Gasteiger partial charge in [-0.25, -0.2) is 9.97 Å². The van der Waals surface area contributed by atoms with Crippen LogP contribution in [0.15, 0.2) is 30.5 Å². The van der Waals surface area contributed by atoms with Crippen molar-refractivity contribution in [2.24, 2.45) is 5.73 Å². The summed E-state index contributed by atoms with van der Waals surface area (Å²) in [6.45, 7) is 1.85. The molecule has 0 bridgehead atoms. The number of amides is 1. The zero-order chi connectivity index (χ0) is 12.4. The highest BCUT2D eigenvalue weighted by Gasteiger charge is 2.13. The van der Waals surface area contributed by atoms with Crippen LogP contribution in [0.5, 0.6) is 0 Å². The van der Waals surface area contributed by atoms with Crippen LogP contribution in [0.2, 0.25) is 5.28 Å². The predicted octanol–water partition coefficient (Wildman–Crippen LogP) is 2.20. The summed E-state index contributed by atoms with van der Waals surface area (Å²) in [4.78, 5) is 19.3. The minimum absolute atomic E-state index is 0.143. The average molecular weight is 248 g/mol. The summed E-state index contributed by atoms with van der Waals surface area (Å²) in [5.74, 6) is -0.491. The van der Waals surface area contributed by atoms with E-state index in [9.17, 15) is 4.79 Å². The third kappa shape index (κ3) is 2.26. The number of hydrogen-bond acceptors (Lipinski definition) is 3. The van der Waals surface area contributed by atoms with Crippen molar-refractivity contribution in [1.82, 2.24) is 9.97 Å². The minimum Gasteiger partial charge on any atom is -0.366 e. The summed E-state index contributed by atoms with van der Waals surface area (Å²) >= 11 is 5.76.